The van der Waals surface area contributed by atoms with Crippen LogP contribution < -0.4 is 11.1 Å². The van der Waals surface area contributed by atoms with Gasteiger partial charge in [0, 0.05) is 0 Å². The van der Waals surface area contributed by atoms with E-state index in [2.05, 4.69) is 10.5 Å². The molecule has 1 atom stereocenters. The highest BCUT2D eigenvalue weighted by molar-refractivity contribution is 7.12. The molecule has 5 nitrogen and oxygen atoms in total. The third-order valence-electron chi connectivity index (χ3n) is 2.88. The molecular weight excluding hydrogens is 238 g/mol. The third kappa shape index (κ3) is 2.58. The van der Waals surface area contributed by atoms with Crippen molar-refractivity contribution in [3.8, 4) is 0 Å². The standard InChI is InChI=1S/C11H15N3O2S/c1-6-4-5-17-9(6)11(15)13-8(7-2-3-7)10(12)14-16/h4-5,7-8,16H,2-3H2,1H3,(H2,12,14)(H,13,15). The molecule has 0 aromatic carbocycles. The molecule has 92 valence electrons. The van der Waals surface area contributed by atoms with Crippen molar-refractivity contribution in [3.05, 3.63) is 21.9 Å². The average Bonchev–Trinajstić information content (AvgIpc) is 3.07. The van der Waals surface area contributed by atoms with Gasteiger partial charge in [-0.05, 0) is 42.7 Å². The molecule has 0 radical (unpaired) electrons. The van der Waals surface area contributed by atoms with Gasteiger partial charge in [-0.25, -0.2) is 0 Å². The number of nitrogens with zero attached hydrogens (tertiary/aromatic N) is 1. The minimum absolute atomic E-state index is 0.0788. The number of nitrogens with one attached hydrogen (secondary N) is 1. The highest BCUT2D eigenvalue weighted by Gasteiger charge is 2.35. The van der Waals surface area contributed by atoms with Gasteiger partial charge in [-0.3, -0.25) is 4.79 Å². The van der Waals surface area contributed by atoms with Gasteiger partial charge in [0.15, 0.2) is 5.84 Å². The Kier molecular flexibility index (Phi) is 3.33. The molecule has 1 heterocycles. The van der Waals surface area contributed by atoms with E-state index in [0.717, 1.165) is 18.4 Å². The van der Waals surface area contributed by atoms with Gasteiger partial charge >= 0.3 is 0 Å². The first-order chi connectivity index (χ1) is 8.13. The molecule has 0 spiro atoms. The van der Waals surface area contributed by atoms with Gasteiger partial charge in [0.05, 0.1) is 10.9 Å². The van der Waals surface area contributed by atoms with Crippen molar-refractivity contribution in [3.63, 3.8) is 0 Å². The second-order valence-electron chi connectivity index (χ2n) is 4.25. The summed E-state index contributed by atoms with van der Waals surface area (Å²) in [4.78, 5) is 12.7. The van der Waals surface area contributed by atoms with Gasteiger partial charge in [-0.15, -0.1) is 11.3 Å². The minimum atomic E-state index is -0.353. The van der Waals surface area contributed by atoms with Crippen LogP contribution in [0.15, 0.2) is 16.6 Å². The summed E-state index contributed by atoms with van der Waals surface area (Å²) in [6, 6.07) is 1.55. The molecular formula is C11H15N3O2S. The van der Waals surface area contributed by atoms with Crippen LogP contribution in [0.2, 0.25) is 0 Å². The first-order valence-corrected chi connectivity index (χ1v) is 6.34. The molecule has 1 fully saturated rings. The first-order valence-electron chi connectivity index (χ1n) is 5.46. The molecule has 1 aliphatic rings. The van der Waals surface area contributed by atoms with Crippen LogP contribution in [0.25, 0.3) is 0 Å². The van der Waals surface area contributed by atoms with Crippen LogP contribution in [0.1, 0.15) is 28.1 Å². The van der Waals surface area contributed by atoms with E-state index < -0.39 is 0 Å². The molecule has 0 aliphatic heterocycles. The highest BCUT2D eigenvalue weighted by atomic mass is 32.1. The summed E-state index contributed by atoms with van der Waals surface area (Å²) < 4.78 is 0. The van der Waals surface area contributed by atoms with E-state index >= 15 is 0 Å². The van der Waals surface area contributed by atoms with E-state index in [-0.39, 0.29) is 17.8 Å². The highest BCUT2D eigenvalue weighted by Crippen LogP contribution is 2.33. The van der Waals surface area contributed by atoms with E-state index in [1.807, 2.05) is 18.4 Å². The SMILES string of the molecule is Cc1ccsc1C(=O)NC(C(N)=NO)C1CC1. The molecule has 1 aliphatic carbocycles. The number of carbonyl (C=O) groups is 1. The van der Waals surface area contributed by atoms with Gasteiger partial charge in [0.2, 0.25) is 0 Å². The molecule has 1 aromatic rings. The maximum atomic E-state index is 12.0. The number of thiophene rings is 1. The Bertz CT molecular complexity index is 451. The molecule has 17 heavy (non-hydrogen) atoms. The number of amidine groups is 1. The van der Waals surface area contributed by atoms with Gasteiger partial charge in [-0.1, -0.05) is 5.16 Å². The van der Waals surface area contributed by atoms with Gasteiger partial charge in [0.1, 0.15) is 0 Å². The molecule has 0 saturated heterocycles. The van der Waals surface area contributed by atoms with Crippen LogP contribution in [-0.4, -0.2) is 23.0 Å². The lowest BCUT2D eigenvalue weighted by atomic mass is 10.1. The molecule has 2 rings (SSSR count). The van der Waals surface area contributed by atoms with Crippen LogP contribution in [0, 0.1) is 12.8 Å². The van der Waals surface area contributed by atoms with E-state index in [1.165, 1.54) is 11.3 Å². The van der Waals surface area contributed by atoms with E-state index in [1.54, 1.807) is 0 Å². The maximum Gasteiger partial charge on any atom is 0.262 e. The van der Waals surface area contributed by atoms with Crippen LogP contribution in [0.4, 0.5) is 0 Å². The molecule has 6 heteroatoms. The summed E-state index contributed by atoms with van der Waals surface area (Å²) >= 11 is 1.40. The number of hydrogen-bond donors (Lipinski definition) is 3. The van der Waals surface area contributed by atoms with E-state index in [9.17, 15) is 4.79 Å². The second-order valence-corrected chi connectivity index (χ2v) is 5.16. The summed E-state index contributed by atoms with van der Waals surface area (Å²) in [5, 5.41) is 16.4. The Morgan fingerprint density at radius 2 is 2.41 bits per heavy atom. The Labute approximate surface area is 103 Å². The molecule has 1 unspecified atom stereocenters. The number of nitrogens with two attached hydrogens (primary N) is 1. The summed E-state index contributed by atoms with van der Waals surface area (Å²) in [5.74, 6) is 0.228. The summed E-state index contributed by atoms with van der Waals surface area (Å²) in [6.07, 6.45) is 2.01. The van der Waals surface area contributed by atoms with Crippen molar-refractivity contribution < 1.29 is 10.0 Å². The van der Waals surface area contributed by atoms with Gasteiger partial charge < -0.3 is 16.3 Å². The fourth-order valence-corrected chi connectivity index (χ4v) is 2.57. The zero-order chi connectivity index (χ0) is 12.4. The summed E-state index contributed by atoms with van der Waals surface area (Å²) in [7, 11) is 0. The molecule has 4 N–H and O–H groups in total. The predicted molar refractivity (Wildman–Crippen MR) is 66.4 cm³/mol. The van der Waals surface area contributed by atoms with Crippen LogP contribution in [0.3, 0.4) is 0 Å². The Hall–Kier alpha value is -1.56. The molecule has 1 saturated carbocycles. The molecule has 0 bridgehead atoms. The summed E-state index contributed by atoms with van der Waals surface area (Å²) in [6.45, 7) is 1.89. The van der Waals surface area contributed by atoms with Crippen LogP contribution >= 0.6 is 11.3 Å². The molecule has 1 amide bonds. The summed E-state index contributed by atoms with van der Waals surface area (Å²) in [5.41, 5.74) is 6.53. The lowest BCUT2D eigenvalue weighted by Gasteiger charge is -2.16. The zero-order valence-corrected chi connectivity index (χ0v) is 10.3. The zero-order valence-electron chi connectivity index (χ0n) is 9.51. The van der Waals surface area contributed by atoms with Crippen molar-refractivity contribution in [1.82, 2.24) is 5.32 Å². The number of oxime groups is 1. The fraction of sp³-hybridized carbons (Fsp3) is 0.455. The number of rotatable bonds is 4. The topological polar surface area (TPSA) is 87.7 Å². The largest absolute Gasteiger partial charge is 0.409 e. The lowest BCUT2D eigenvalue weighted by molar-refractivity contribution is 0.0946. The number of amides is 1. The van der Waals surface area contributed by atoms with Crippen molar-refractivity contribution in [1.29, 1.82) is 0 Å². The number of aryl methyl sites for hydroxylation is 1. The van der Waals surface area contributed by atoms with E-state index in [0.29, 0.717) is 10.8 Å². The minimum Gasteiger partial charge on any atom is -0.409 e. The average molecular weight is 253 g/mol. The quantitative estimate of drug-likeness (QED) is 0.327. The maximum absolute atomic E-state index is 12.0. The van der Waals surface area contributed by atoms with Crippen molar-refractivity contribution in [2.24, 2.45) is 16.8 Å². The smallest absolute Gasteiger partial charge is 0.262 e. The number of carbonyl (C=O) groups excluding carboxylic acids is 1. The van der Waals surface area contributed by atoms with Crippen molar-refractivity contribution in [2.75, 3.05) is 0 Å². The Balaban J connectivity index is 2.08. The first kappa shape index (κ1) is 11.9. The van der Waals surface area contributed by atoms with E-state index in [4.69, 9.17) is 10.9 Å². The van der Waals surface area contributed by atoms with Crippen molar-refractivity contribution in [2.45, 2.75) is 25.8 Å². The van der Waals surface area contributed by atoms with Gasteiger partial charge in [0.25, 0.3) is 5.91 Å². The fourth-order valence-electron chi connectivity index (χ4n) is 1.74. The van der Waals surface area contributed by atoms with Crippen LogP contribution in [-0.2, 0) is 0 Å². The Morgan fingerprint density at radius 1 is 1.71 bits per heavy atom. The third-order valence-corrected chi connectivity index (χ3v) is 3.90. The van der Waals surface area contributed by atoms with Crippen molar-refractivity contribution >= 4 is 23.1 Å². The Morgan fingerprint density at radius 3 is 2.88 bits per heavy atom. The van der Waals surface area contributed by atoms with Crippen LogP contribution in [0.5, 0.6) is 0 Å². The second kappa shape index (κ2) is 4.75. The monoisotopic (exact) mass is 253 g/mol. The normalized spacial score (nSPS) is 17.8. The predicted octanol–water partition coefficient (Wildman–Crippen LogP) is 1.31. The lowest BCUT2D eigenvalue weighted by Crippen LogP contribution is -2.46. The molecule has 1 aromatic heterocycles. The van der Waals surface area contributed by atoms with Gasteiger partial charge in [-0.2, -0.15) is 0 Å². The number of hydrogen-bond acceptors (Lipinski definition) is 4.